The van der Waals surface area contributed by atoms with Crippen LogP contribution >= 0.6 is 15.9 Å². The van der Waals surface area contributed by atoms with Gasteiger partial charge >= 0.3 is 0 Å². The maximum absolute atomic E-state index is 12.6. The van der Waals surface area contributed by atoms with Crippen molar-refractivity contribution in [1.82, 2.24) is 4.90 Å². The van der Waals surface area contributed by atoms with Gasteiger partial charge in [0.15, 0.2) is 0 Å². The Morgan fingerprint density at radius 3 is 2.38 bits per heavy atom. The molecule has 2 aromatic carbocycles. The van der Waals surface area contributed by atoms with E-state index in [2.05, 4.69) is 65.0 Å². The van der Waals surface area contributed by atoms with Crippen molar-refractivity contribution in [1.29, 1.82) is 0 Å². The normalized spacial score (nSPS) is 14.8. The highest BCUT2D eigenvalue weighted by Gasteiger charge is 2.22. The molecule has 1 aliphatic heterocycles. The van der Waals surface area contributed by atoms with E-state index < -0.39 is 0 Å². The largest absolute Gasteiger partial charge is 0.368 e. The minimum absolute atomic E-state index is 0.233. The van der Waals surface area contributed by atoms with Crippen LogP contribution in [0.15, 0.2) is 46.9 Å². The first-order chi connectivity index (χ1) is 11.5. The molecule has 126 valence electrons. The summed E-state index contributed by atoms with van der Waals surface area (Å²) < 4.78 is 1.11. The van der Waals surface area contributed by atoms with Crippen LogP contribution in [-0.4, -0.2) is 37.0 Å². The molecule has 2 aromatic rings. The second-order valence-electron chi connectivity index (χ2n) is 6.40. The molecule has 0 unspecified atom stereocenters. The quantitative estimate of drug-likeness (QED) is 0.796. The number of amides is 1. The fourth-order valence-corrected chi connectivity index (χ4v) is 3.73. The lowest BCUT2D eigenvalue weighted by Gasteiger charge is -2.37. The Balaban J connectivity index is 1.60. The van der Waals surface area contributed by atoms with Gasteiger partial charge in [-0.25, -0.2) is 0 Å². The van der Waals surface area contributed by atoms with Gasteiger partial charge in [-0.1, -0.05) is 40.2 Å². The van der Waals surface area contributed by atoms with Gasteiger partial charge in [0.2, 0.25) is 5.91 Å². The summed E-state index contributed by atoms with van der Waals surface area (Å²) in [6, 6.07) is 14.5. The highest BCUT2D eigenvalue weighted by atomic mass is 79.9. The van der Waals surface area contributed by atoms with Gasteiger partial charge in [0.1, 0.15) is 0 Å². The number of carbonyl (C=O) groups excluding carboxylic acids is 1. The number of rotatable bonds is 3. The van der Waals surface area contributed by atoms with E-state index in [0.717, 1.165) is 36.2 Å². The fraction of sp³-hybridized carbons (Fsp3) is 0.350. The lowest BCUT2D eigenvalue weighted by molar-refractivity contribution is -0.130. The predicted octanol–water partition coefficient (Wildman–Crippen LogP) is 3.96. The molecule has 1 heterocycles. The average molecular weight is 387 g/mol. The fourth-order valence-electron chi connectivity index (χ4n) is 3.25. The molecule has 0 aromatic heterocycles. The Kier molecular flexibility index (Phi) is 5.24. The van der Waals surface area contributed by atoms with Crippen LogP contribution in [0.4, 0.5) is 5.69 Å². The third-order valence-electron chi connectivity index (χ3n) is 4.73. The number of anilines is 1. The van der Waals surface area contributed by atoms with Gasteiger partial charge in [-0.15, -0.1) is 0 Å². The maximum atomic E-state index is 12.6. The molecule has 0 N–H and O–H groups in total. The third-order valence-corrected chi connectivity index (χ3v) is 5.23. The van der Waals surface area contributed by atoms with Crippen molar-refractivity contribution in [3.05, 3.63) is 63.6 Å². The van der Waals surface area contributed by atoms with Crippen LogP contribution < -0.4 is 4.90 Å². The molecule has 0 spiro atoms. The predicted molar refractivity (Wildman–Crippen MR) is 103 cm³/mol. The molecule has 0 bridgehead atoms. The summed E-state index contributed by atoms with van der Waals surface area (Å²) in [7, 11) is 0. The van der Waals surface area contributed by atoms with Crippen molar-refractivity contribution in [2.45, 2.75) is 20.3 Å². The van der Waals surface area contributed by atoms with Gasteiger partial charge in [0.05, 0.1) is 6.42 Å². The molecule has 1 saturated heterocycles. The van der Waals surface area contributed by atoms with Crippen molar-refractivity contribution >= 4 is 27.5 Å². The first kappa shape index (κ1) is 17.0. The Labute approximate surface area is 152 Å². The average Bonchev–Trinajstić information content (AvgIpc) is 2.57. The molecular formula is C20H23BrN2O. The SMILES string of the molecule is Cc1ccccc1CC(=O)N1CCN(c2ccc(Br)cc2C)CC1. The van der Waals surface area contributed by atoms with E-state index in [1.165, 1.54) is 16.8 Å². The summed E-state index contributed by atoms with van der Waals surface area (Å²) in [5.74, 6) is 0.233. The molecule has 1 fully saturated rings. The maximum Gasteiger partial charge on any atom is 0.227 e. The molecule has 3 rings (SSSR count). The van der Waals surface area contributed by atoms with Crippen LogP contribution in [-0.2, 0) is 11.2 Å². The van der Waals surface area contributed by atoms with Crippen molar-refractivity contribution in [2.24, 2.45) is 0 Å². The Bertz CT molecular complexity index is 736. The zero-order chi connectivity index (χ0) is 17.1. The third kappa shape index (κ3) is 3.81. The standard InChI is InChI=1S/C20H23BrN2O/c1-15-5-3-4-6-17(15)14-20(24)23-11-9-22(10-12-23)19-8-7-18(21)13-16(19)2/h3-8,13H,9-12,14H2,1-2H3. The zero-order valence-corrected chi connectivity index (χ0v) is 15.8. The lowest BCUT2D eigenvalue weighted by atomic mass is 10.0. The highest BCUT2D eigenvalue weighted by Crippen LogP contribution is 2.25. The zero-order valence-electron chi connectivity index (χ0n) is 14.3. The minimum atomic E-state index is 0.233. The summed E-state index contributed by atoms with van der Waals surface area (Å²) >= 11 is 3.51. The van der Waals surface area contributed by atoms with Gasteiger partial charge in [0, 0.05) is 36.3 Å². The van der Waals surface area contributed by atoms with Crippen LogP contribution in [0, 0.1) is 13.8 Å². The van der Waals surface area contributed by atoms with E-state index in [4.69, 9.17) is 0 Å². The van der Waals surface area contributed by atoms with Crippen molar-refractivity contribution in [3.63, 3.8) is 0 Å². The van der Waals surface area contributed by atoms with Gasteiger partial charge in [0.25, 0.3) is 0 Å². The van der Waals surface area contributed by atoms with E-state index in [-0.39, 0.29) is 5.91 Å². The first-order valence-electron chi connectivity index (χ1n) is 8.38. The number of piperazine rings is 1. The van der Waals surface area contributed by atoms with Gasteiger partial charge in [-0.2, -0.15) is 0 Å². The summed E-state index contributed by atoms with van der Waals surface area (Å²) in [6.45, 7) is 7.57. The van der Waals surface area contributed by atoms with E-state index >= 15 is 0 Å². The van der Waals surface area contributed by atoms with E-state index in [0.29, 0.717) is 6.42 Å². The Morgan fingerprint density at radius 1 is 1.00 bits per heavy atom. The highest BCUT2D eigenvalue weighted by molar-refractivity contribution is 9.10. The molecule has 0 radical (unpaired) electrons. The second-order valence-corrected chi connectivity index (χ2v) is 7.32. The first-order valence-corrected chi connectivity index (χ1v) is 9.17. The van der Waals surface area contributed by atoms with E-state index in [1.807, 2.05) is 17.0 Å². The molecule has 1 amide bonds. The van der Waals surface area contributed by atoms with Gasteiger partial charge < -0.3 is 9.80 Å². The van der Waals surface area contributed by atoms with Crippen LogP contribution in [0.2, 0.25) is 0 Å². The Morgan fingerprint density at radius 2 is 1.71 bits per heavy atom. The summed E-state index contributed by atoms with van der Waals surface area (Å²) in [4.78, 5) is 16.9. The summed E-state index contributed by atoms with van der Waals surface area (Å²) in [5.41, 5.74) is 4.86. The van der Waals surface area contributed by atoms with Crippen LogP contribution in [0.3, 0.4) is 0 Å². The van der Waals surface area contributed by atoms with Crippen molar-refractivity contribution in [3.8, 4) is 0 Å². The number of nitrogens with zero attached hydrogens (tertiary/aromatic N) is 2. The molecule has 0 atom stereocenters. The monoisotopic (exact) mass is 386 g/mol. The van der Waals surface area contributed by atoms with E-state index in [9.17, 15) is 4.79 Å². The van der Waals surface area contributed by atoms with Crippen molar-refractivity contribution < 1.29 is 4.79 Å². The smallest absolute Gasteiger partial charge is 0.227 e. The second kappa shape index (κ2) is 7.39. The number of hydrogen-bond acceptors (Lipinski definition) is 2. The number of halogens is 1. The molecule has 3 nitrogen and oxygen atoms in total. The van der Waals surface area contributed by atoms with Crippen LogP contribution in [0.5, 0.6) is 0 Å². The number of carbonyl (C=O) groups is 1. The molecule has 0 aliphatic carbocycles. The molecule has 4 heteroatoms. The van der Waals surface area contributed by atoms with Crippen LogP contribution in [0.25, 0.3) is 0 Å². The summed E-state index contributed by atoms with van der Waals surface area (Å²) in [6.07, 6.45) is 0.504. The van der Waals surface area contributed by atoms with Gasteiger partial charge in [-0.3, -0.25) is 4.79 Å². The summed E-state index contributed by atoms with van der Waals surface area (Å²) in [5, 5.41) is 0. The molecule has 24 heavy (non-hydrogen) atoms. The Hall–Kier alpha value is -1.81. The molecular weight excluding hydrogens is 364 g/mol. The van der Waals surface area contributed by atoms with Crippen LogP contribution in [0.1, 0.15) is 16.7 Å². The molecule has 0 saturated carbocycles. The van der Waals surface area contributed by atoms with Crippen molar-refractivity contribution in [2.75, 3.05) is 31.1 Å². The van der Waals surface area contributed by atoms with E-state index in [1.54, 1.807) is 0 Å². The number of hydrogen-bond donors (Lipinski definition) is 0. The topological polar surface area (TPSA) is 23.6 Å². The number of benzene rings is 2. The van der Waals surface area contributed by atoms with Gasteiger partial charge in [-0.05, 0) is 48.7 Å². The number of aryl methyl sites for hydroxylation is 2. The lowest BCUT2D eigenvalue weighted by Crippen LogP contribution is -2.49. The molecule has 1 aliphatic rings. The minimum Gasteiger partial charge on any atom is -0.368 e.